The lowest BCUT2D eigenvalue weighted by Crippen LogP contribution is -2.15. The third-order valence-electron chi connectivity index (χ3n) is 4.13. The molecule has 0 aromatic rings. The molecule has 0 aromatic carbocycles. The molecule has 0 amide bonds. The minimum Gasteiger partial charge on any atom is -0.460 e. The van der Waals surface area contributed by atoms with Crippen molar-refractivity contribution in [1.29, 1.82) is 0 Å². The van der Waals surface area contributed by atoms with E-state index in [2.05, 4.69) is 26.3 Å². The van der Waals surface area contributed by atoms with Gasteiger partial charge in [-0.15, -0.1) is 0 Å². The molecule has 0 aliphatic heterocycles. The van der Waals surface area contributed by atoms with Gasteiger partial charge in [0.15, 0.2) is 0 Å². The second-order valence-corrected chi connectivity index (χ2v) is 8.41. The second-order valence-electron chi connectivity index (χ2n) is 7.50. The van der Waals surface area contributed by atoms with E-state index in [1.807, 2.05) is 0 Å². The maximum absolute atomic E-state index is 10.9. The van der Waals surface area contributed by atoms with Gasteiger partial charge in [-0.2, -0.15) is 0 Å². The minimum atomic E-state index is -0.662. The van der Waals surface area contributed by atoms with E-state index >= 15 is 0 Å². The molecule has 0 unspecified atom stereocenters. The summed E-state index contributed by atoms with van der Waals surface area (Å²) in [6.45, 7) is 17.8. The molecule has 0 saturated carbocycles. The van der Waals surface area contributed by atoms with Crippen LogP contribution < -0.4 is 0 Å². The molecule has 0 atom stereocenters. The molecule has 0 aliphatic carbocycles. The minimum absolute atomic E-state index is 0.0983. The van der Waals surface area contributed by atoms with Crippen LogP contribution in [-0.2, 0) is 66.5 Å². The van der Waals surface area contributed by atoms with Gasteiger partial charge >= 0.3 is 23.9 Å². The lowest BCUT2D eigenvalue weighted by Gasteiger charge is -2.07. The second kappa shape index (κ2) is 33.1. The summed E-state index contributed by atoms with van der Waals surface area (Å²) in [6.07, 6.45) is 2.20. The molecule has 0 aromatic heterocycles. The molecule has 0 radical (unpaired) electrons. The third kappa shape index (κ3) is 33.7. The summed E-state index contributed by atoms with van der Waals surface area (Å²) < 4.78 is 50.0. The summed E-state index contributed by atoms with van der Waals surface area (Å²) in [6, 6.07) is 0. The summed E-state index contributed by atoms with van der Waals surface area (Å²) in [4.78, 5) is 43.2. The van der Waals surface area contributed by atoms with Crippen LogP contribution in [0.5, 0.6) is 0 Å². The number of hydrogen-bond acceptors (Lipinski definition) is 14. The van der Waals surface area contributed by atoms with Crippen molar-refractivity contribution in [2.45, 2.75) is 0 Å². The van der Waals surface area contributed by atoms with Crippen LogP contribution in [0.3, 0.4) is 0 Å². The van der Waals surface area contributed by atoms with Gasteiger partial charge in [-0.05, 0) is 0 Å². The van der Waals surface area contributed by atoms with Gasteiger partial charge in [0.25, 0.3) is 0 Å². The zero-order valence-corrected chi connectivity index (χ0v) is 26.3. The van der Waals surface area contributed by atoms with E-state index in [0.717, 1.165) is 12.2 Å². The van der Waals surface area contributed by atoms with Crippen LogP contribution >= 0.6 is 23.2 Å². The summed E-state index contributed by atoms with van der Waals surface area (Å²) in [5.74, 6) is -2.26. The molecule has 252 valence electrons. The number of ether oxygens (including phenoxy) is 10. The quantitative estimate of drug-likeness (QED) is 0.0514. The largest absolute Gasteiger partial charge is 0.460 e. The van der Waals surface area contributed by atoms with E-state index in [-0.39, 0.29) is 49.7 Å². The van der Waals surface area contributed by atoms with Crippen molar-refractivity contribution in [3.05, 3.63) is 48.5 Å². The number of carbonyl (C=O) groups excluding carboxylic acids is 4. The number of hydrogen-bond donors (Lipinski definition) is 0. The van der Waals surface area contributed by atoms with Gasteiger partial charge in [-0.1, -0.05) is 49.5 Å². The zero-order chi connectivity index (χ0) is 33.3. The number of rotatable bonds is 28. The Morgan fingerprint density at radius 2 is 0.614 bits per heavy atom. The van der Waals surface area contributed by atoms with Gasteiger partial charge in [0.1, 0.15) is 36.5 Å². The highest BCUT2D eigenvalue weighted by Crippen LogP contribution is 1.99. The van der Waals surface area contributed by atoms with Crippen LogP contribution in [0.25, 0.3) is 0 Å². The highest BCUT2D eigenvalue weighted by molar-refractivity contribution is 6.41. The number of carbonyl (C=O) groups is 4. The van der Waals surface area contributed by atoms with Gasteiger partial charge in [-0.25, -0.2) is 19.2 Å². The van der Waals surface area contributed by atoms with Crippen LogP contribution in [0, 0.1) is 0 Å². The first kappa shape index (κ1) is 43.3. The van der Waals surface area contributed by atoms with Crippen LogP contribution in [0.4, 0.5) is 0 Å². The van der Waals surface area contributed by atoms with E-state index in [9.17, 15) is 19.2 Å². The fourth-order valence-corrected chi connectivity index (χ4v) is 2.26. The van der Waals surface area contributed by atoms with Crippen molar-refractivity contribution < 1.29 is 66.5 Å². The Balaban J connectivity index is 0. The van der Waals surface area contributed by atoms with E-state index < -0.39 is 23.9 Å². The van der Waals surface area contributed by atoms with Crippen LogP contribution in [0.15, 0.2) is 48.5 Å². The third-order valence-corrected chi connectivity index (χ3v) is 4.44. The normalized spacial score (nSPS) is 10.0. The van der Waals surface area contributed by atoms with Crippen molar-refractivity contribution in [1.82, 2.24) is 0 Å². The zero-order valence-electron chi connectivity index (χ0n) is 24.8. The maximum atomic E-state index is 10.9. The molecule has 0 N–H and O–H groups in total. The molecule has 16 heteroatoms. The fourth-order valence-electron chi connectivity index (χ4n) is 2.15. The molecule has 44 heavy (non-hydrogen) atoms. The molecule has 0 saturated heterocycles. The van der Waals surface area contributed by atoms with Crippen molar-refractivity contribution in [3.63, 3.8) is 0 Å². The van der Waals surface area contributed by atoms with Gasteiger partial charge in [0, 0.05) is 12.2 Å². The molecule has 0 rings (SSSR count). The van der Waals surface area contributed by atoms with Crippen LogP contribution in [0.2, 0.25) is 0 Å². The lowest BCUT2D eigenvalue weighted by atomic mass is 10.6. The summed E-state index contributed by atoms with van der Waals surface area (Å²) >= 11 is 10.6. The predicted octanol–water partition coefficient (Wildman–Crippen LogP) is 2.12. The Bertz CT molecular complexity index is 784. The average Bonchev–Trinajstić information content (AvgIpc) is 3.01. The summed E-state index contributed by atoms with van der Waals surface area (Å²) in [7, 11) is 0. The Morgan fingerprint density at radius 1 is 0.409 bits per heavy atom. The van der Waals surface area contributed by atoms with Crippen molar-refractivity contribution in [2.75, 3.05) is 106 Å². The molecule has 0 heterocycles. The monoisotopic (exact) mass is 672 g/mol. The molecule has 0 aliphatic rings. The van der Waals surface area contributed by atoms with E-state index in [0.29, 0.717) is 66.1 Å². The molecule has 0 spiro atoms. The smallest absolute Gasteiger partial charge is 0.349 e. The van der Waals surface area contributed by atoms with Crippen molar-refractivity contribution >= 4 is 47.1 Å². The first-order valence-electron chi connectivity index (χ1n) is 13.2. The van der Waals surface area contributed by atoms with Gasteiger partial charge in [0.05, 0.1) is 79.3 Å². The van der Waals surface area contributed by atoms with Gasteiger partial charge < -0.3 is 47.4 Å². The van der Waals surface area contributed by atoms with Crippen molar-refractivity contribution in [3.8, 4) is 0 Å². The number of halogens is 2. The first-order chi connectivity index (χ1) is 21.1. The Kier molecular flexibility index (Phi) is 32.6. The SMILES string of the molecule is C=C(Cl)C(=O)OCCOCCOCCOCCOC(=O)C(=C)Cl.C=CC(=O)OCCOCCOCCOCCOC(=O)C=C. The van der Waals surface area contributed by atoms with Gasteiger partial charge in [-0.3, -0.25) is 0 Å². The van der Waals surface area contributed by atoms with Crippen LogP contribution in [-0.4, -0.2) is 130 Å². The van der Waals surface area contributed by atoms with Crippen molar-refractivity contribution in [2.24, 2.45) is 0 Å². The lowest BCUT2D eigenvalue weighted by molar-refractivity contribution is -0.140. The van der Waals surface area contributed by atoms with E-state index in [1.165, 1.54) is 0 Å². The number of esters is 4. The standard InChI is InChI=1S/C14H20Cl2O7.C14H22O7/c1-11(15)13(17)22-9-7-20-5-3-19-4-6-21-8-10-23-14(18)12(2)16;1-3-13(15)20-11-9-18-7-5-17-6-8-19-10-12-21-14(16)4-2/h1-10H2;3-4H,1-2,5-12H2. The molecular formula is C28H42Cl2O14. The van der Waals surface area contributed by atoms with E-state index in [1.54, 1.807) is 0 Å². The highest BCUT2D eigenvalue weighted by atomic mass is 35.5. The molecule has 0 bridgehead atoms. The van der Waals surface area contributed by atoms with Crippen LogP contribution in [0.1, 0.15) is 0 Å². The molecule has 0 fully saturated rings. The Labute approximate surface area is 267 Å². The molecule has 14 nitrogen and oxygen atoms in total. The Morgan fingerprint density at radius 3 is 0.818 bits per heavy atom. The Hall–Kier alpha value is -2.82. The average molecular weight is 674 g/mol. The first-order valence-corrected chi connectivity index (χ1v) is 14.0. The van der Waals surface area contributed by atoms with E-state index in [4.69, 9.17) is 70.6 Å². The fraction of sp³-hybridized carbons (Fsp3) is 0.571. The summed E-state index contributed by atoms with van der Waals surface area (Å²) in [5, 5.41) is -0.341. The predicted molar refractivity (Wildman–Crippen MR) is 159 cm³/mol. The van der Waals surface area contributed by atoms with Gasteiger partial charge in [0.2, 0.25) is 0 Å². The highest BCUT2D eigenvalue weighted by Gasteiger charge is 2.05. The molecular weight excluding hydrogens is 631 g/mol. The summed E-state index contributed by atoms with van der Waals surface area (Å²) in [5.41, 5.74) is 0. The maximum Gasteiger partial charge on any atom is 0.349 e. The topological polar surface area (TPSA) is 161 Å².